The van der Waals surface area contributed by atoms with Crippen molar-refractivity contribution < 1.29 is 19.6 Å². The van der Waals surface area contributed by atoms with Crippen LogP contribution >= 0.6 is 12.6 Å². The van der Waals surface area contributed by atoms with Crippen LogP contribution in [0.15, 0.2) is 18.2 Å². The van der Waals surface area contributed by atoms with Gasteiger partial charge in [0, 0.05) is 24.3 Å². The van der Waals surface area contributed by atoms with E-state index >= 15 is 0 Å². The van der Waals surface area contributed by atoms with E-state index in [1.165, 1.54) is 18.2 Å². The second-order valence-corrected chi connectivity index (χ2v) is 4.83. The maximum absolute atomic E-state index is 11.8. The van der Waals surface area contributed by atoms with Crippen molar-refractivity contribution in [2.24, 2.45) is 0 Å². The van der Waals surface area contributed by atoms with Crippen LogP contribution in [-0.2, 0) is 4.79 Å². The summed E-state index contributed by atoms with van der Waals surface area (Å²) in [7, 11) is 0. The Hall–Kier alpha value is -2.09. The number of nitro groups is 1. The standard InChI is InChI=1S/C11H10N2O5S/c14-9-4-6(19)5-12(9)10-7(11(15)16)2-1-3-8(10)13(17)18/h1-3,6,19H,4-5H2,(H,15,16). The van der Waals surface area contributed by atoms with Gasteiger partial charge in [0.25, 0.3) is 5.69 Å². The second kappa shape index (κ2) is 4.88. The molecular formula is C11H10N2O5S. The molecule has 100 valence electrons. The van der Waals surface area contributed by atoms with Crippen LogP contribution in [0.25, 0.3) is 0 Å². The van der Waals surface area contributed by atoms with Crippen molar-refractivity contribution >= 4 is 35.9 Å². The van der Waals surface area contributed by atoms with Gasteiger partial charge in [0.1, 0.15) is 5.69 Å². The molecule has 0 spiro atoms. The van der Waals surface area contributed by atoms with Crippen molar-refractivity contribution in [2.75, 3.05) is 11.4 Å². The number of carbonyl (C=O) groups is 2. The van der Waals surface area contributed by atoms with Gasteiger partial charge < -0.3 is 10.0 Å². The molecule has 1 unspecified atom stereocenters. The molecule has 1 aliphatic rings. The number of anilines is 1. The fraction of sp³-hybridized carbons (Fsp3) is 0.273. The minimum Gasteiger partial charge on any atom is -0.478 e. The minimum atomic E-state index is -1.31. The molecular weight excluding hydrogens is 272 g/mol. The lowest BCUT2D eigenvalue weighted by Crippen LogP contribution is -2.27. The predicted octanol–water partition coefficient (Wildman–Crippen LogP) is 1.33. The number of carbonyl (C=O) groups excluding carboxylic acids is 1. The van der Waals surface area contributed by atoms with Gasteiger partial charge in [-0.15, -0.1) is 0 Å². The maximum atomic E-state index is 11.8. The van der Waals surface area contributed by atoms with Gasteiger partial charge in [-0.05, 0) is 6.07 Å². The van der Waals surface area contributed by atoms with E-state index in [-0.39, 0.29) is 35.4 Å². The Morgan fingerprint density at radius 3 is 2.68 bits per heavy atom. The van der Waals surface area contributed by atoms with Crippen molar-refractivity contribution in [3.8, 4) is 0 Å². The van der Waals surface area contributed by atoms with Gasteiger partial charge in [0.05, 0.1) is 10.5 Å². The van der Waals surface area contributed by atoms with E-state index < -0.39 is 16.6 Å². The lowest BCUT2D eigenvalue weighted by atomic mass is 10.1. The molecule has 1 atom stereocenters. The molecule has 0 bridgehead atoms. The summed E-state index contributed by atoms with van der Waals surface area (Å²) in [6, 6.07) is 3.70. The van der Waals surface area contributed by atoms with Crippen LogP contribution in [0.4, 0.5) is 11.4 Å². The Balaban J connectivity index is 2.62. The number of carboxylic acid groups (broad SMARTS) is 1. The van der Waals surface area contributed by atoms with E-state index in [0.717, 1.165) is 4.90 Å². The molecule has 1 heterocycles. The topological polar surface area (TPSA) is 101 Å². The quantitative estimate of drug-likeness (QED) is 0.495. The van der Waals surface area contributed by atoms with Crippen molar-refractivity contribution in [3.63, 3.8) is 0 Å². The average molecular weight is 282 g/mol. The molecule has 7 nitrogen and oxygen atoms in total. The van der Waals surface area contributed by atoms with Gasteiger partial charge in [-0.25, -0.2) is 4.79 Å². The Bertz CT molecular complexity index is 542. The summed E-state index contributed by atoms with van der Waals surface area (Å²) in [6.07, 6.45) is 0.133. The molecule has 1 aromatic carbocycles. The van der Waals surface area contributed by atoms with Gasteiger partial charge in [-0.2, -0.15) is 12.6 Å². The molecule has 0 radical (unpaired) electrons. The van der Waals surface area contributed by atoms with Gasteiger partial charge in [-0.3, -0.25) is 14.9 Å². The van der Waals surface area contributed by atoms with Crippen molar-refractivity contribution in [2.45, 2.75) is 11.7 Å². The zero-order chi connectivity index (χ0) is 14.2. The molecule has 2 rings (SSSR count). The summed E-state index contributed by atoms with van der Waals surface area (Å²) < 4.78 is 0. The first-order chi connectivity index (χ1) is 8.91. The Morgan fingerprint density at radius 2 is 2.21 bits per heavy atom. The zero-order valence-corrected chi connectivity index (χ0v) is 10.5. The van der Waals surface area contributed by atoms with Crippen LogP contribution < -0.4 is 4.90 Å². The summed E-state index contributed by atoms with van der Waals surface area (Å²) in [5.74, 6) is -1.68. The van der Waals surface area contributed by atoms with Gasteiger partial charge in [0.2, 0.25) is 5.91 Å². The fourth-order valence-electron chi connectivity index (χ4n) is 2.04. The molecule has 0 saturated carbocycles. The summed E-state index contributed by atoms with van der Waals surface area (Å²) in [5, 5.41) is 19.8. The molecule has 1 fully saturated rings. The van der Waals surface area contributed by atoms with Crippen LogP contribution in [0.5, 0.6) is 0 Å². The number of amides is 1. The highest BCUT2D eigenvalue weighted by atomic mass is 32.1. The Kier molecular flexibility index (Phi) is 3.43. The molecule has 1 aromatic rings. The lowest BCUT2D eigenvalue weighted by molar-refractivity contribution is -0.384. The molecule has 0 aliphatic carbocycles. The number of carboxylic acids is 1. The molecule has 19 heavy (non-hydrogen) atoms. The number of para-hydroxylation sites is 1. The van der Waals surface area contributed by atoms with E-state index in [4.69, 9.17) is 5.11 Å². The monoisotopic (exact) mass is 282 g/mol. The molecule has 1 N–H and O–H groups in total. The first kappa shape index (κ1) is 13.3. The summed E-state index contributed by atoms with van der Waals surface area (Å²) in [4.78, 5) is 34.4. The highest BCUT2D eigenvalue weighted by Gasteiger charge is 2.35. The molecule has 1 saturated heterocycles. The highest BCUT2D eigenvalue weighted by Crippen LogP contribution is 2.35. The average Bonchev–Trinajstić information content (AvgIpc) is 2.67. The van der Waals surface area contributed by atoms with E-state index in [2.05, 4.69) is 12.6 Å². The first-order valence-electron chi connectivity index (χ1n) is 5.41. The van der Waals surface area contributed by atoms with E-state index in [1.54, 1.807) is 0 Å². The van der Waals surface area contributed by atoms with Crippen LogP contribution in [0.3, 0.4) is 0 Å². The number of nitro benzene ring substituents is 1. The zero-order valence-electron chi connectivity index (χ0n) is 9.65. The van der Waals surface area contributed by atoms with E-state index in [0.29, 0.717) is 0 Å². The third-order valence-corrected chi connectivity index (χ3v) is 3.16. The molecule has 8 heteroatoms. The van der Waals surface area contributed by atoms with Gasteiger partial charge in [0.15, 0.2) is 0 Å². The lowest BCUT2D eigenvalue weighted by Gasteiger charge is -2.18. The maximum Gasteiger partial charge on any atom is 0.338 e. The number of thiol groups is 1. The first-order valence-corrected chi connectivity index (χ1v) is 5.92. The molecule has 0 aromatic heterocycles. The largest absolute Gasteiger partial charge is 0.478 e. The SMILES string of the molecule is O=C(O)c1cccc([N+](=O)[O-])c1N1CC(S)CC1=O. The van der Waals surface area contributed by atoms with E-state index in [1.807, 2.05) is 0 Å². The molecule has 1 aliphatic heterocycles. The van der Waals surface area contributed by atoms with Crippen LogP contribution in [0.1, 0.15) is 16.8 Å². The number of nitrogens with zero attached hydrogens (tertiary/aromatic N) is 2. The second-order valence-electron chi connectivity index (χ2n) is 4.10. The molecule has 1 amide bonds. The Labute approximate surface area is 113 Å². The smallest absolute Gasteiger partial charge is 0.338 e. The minimum absolute atomic E-state index is 0.133. The number of benzene rings is 1. The summed E-state index contributed by atoms with van der Waals surface area (Å²) in [5.41, 5.74) is -0.817. The number of hydrogen-bond acceptors (Lipinski definition) is 5. The third kappa shape index (κ3) is 2.39. The number of rotatable bonds is 3. The van der Waals surface area contributed by atoms with Crippen LogP contribution in [-0.4, -0.2) is 33.7 Å². The van der Waals surface area contributed by atoms with Crippen molar-refractivity contribution in [1.29, 1.82) is 0 Å². The van der Waals surface area contributed by atoms with E-state index in [9.17, 15) is 19.7 Å². The van der Waals surface area contributed by atoms with Crippen molar-refractivity contribution in [1.82, 2.24) is 0 Å². The Morgan fingerprint density at radius 1 is 1.53 bits per heavy atom. The summed E-state index contributed by atoms with van der Waals surface area (Å²) >= 11 is 4.15. The predicted molar refractivity (Wildman–Crippen MR) is 69.8 cm³/mol. The fourth-order valence-corrected chi connectivity index (χ4v) is 2.36. The normalized spacial score (nSPS) is 18.7. The van der Waals surface area contributed by atoms with Crippen LogP contribution in [0.2, 0.25) is 0 Å². The summed E-state index contributed by atoms with van der Waals surface area (Å²) in [6.45, 7) is 0.160. The third-order valence-electron chi connectivity index (χ3n) is 2.82. The highest BCUT2D eigenvalue weighted by molar-refractivity contribution is 7.81. The number of hydrogen-bond donors (Lipinski definition) is 2. The van der Waals surface area contributed by atoms with Gasteiger partial charge in [-0.1, -0.05) is 6.07 Å². The van der Waals surface area contributed by atoms with Crippen LogP contribution in [0, 0.1) is 10.1 Å². The van der Waals surface area contributed by atoms with Gasteiger partial charge >= 0.3 is 5.97 Å². The number of aromatic carboxylic acids is 1. The van der Waals surface area contributed by atoms with Crippen molar-refractivity contribution in [3.05, 3.63) is 33.9 Å².